The summed E-state index contributed by atoms with van der Waals surface area (Å²) in [4.78, 5) is 12.3. The van der Waals surface area contributed by atoms with Crippen LogP contribution in [-0.4, -0.2) is 32.5 Å². The van der Waals surface area contributed by atoms with Crippen LogP contribution in [0.3, 0.4) is 0 Å². The summed E-state index contributed by atoms with van der Waals surface area (Å²) in [5.41, 5.74) is 2.07. The van der Waals surface area contributed by atoms with Gasteiger partial charge < -0.3 is 5.32 Å². The van der Waals surface area contributed by atoms with Gasteiger partial charge in [0.1, 0.15) is 0 Å². The molecule has 0 aliphatic carbocycles. The molecule has 1 atom stereocenters. The van der Waals surface area contributed by atoms with Crippen molar-refractivity contribution in [3.63, 3.8) is 0 Å². The normalized spacial score (nSPS) is 12.0. The van der Waals surface area contributed by atoms with Crippen LogP contribution in [0.2, 0.25) is 5.02 Å². The van der Waals surface area contributed by atoms with Gasteiger partial charge in [0, 0.05) is 17.1 Å². The Balaban J connectivity index is 1.91. The highest BCUT2D eigenvalue weighted by atomic mass is 35.5. The Bertz CT molecular complexity index is 912. The minimum absolute atomic E-state index is 0.00848. The van der Waals surface area contributed by atoms with Gasteiger partial charge in [0.25, 0.3) is 0 Å². The van der Waals surface area contributed by atoms with Crippen LogP contribution in [0.15, 0.2) is 59.8 Å². The first-order valence-corrected chi connectivity index (χ1v) is 10.5. The summed E-state index contributed by atoms with van der Waals surface area (Å²) in [5.74, 6) is 0.762. The van der Waals surface area contributed by atoms with Crippen molar-refractivity contribution in [1.82, 2.24) is 20.1 Å². The number of benzene rings is 2. The lowest BCUT2D eigenvalue weighted by Gasteiger charge is -2.14. The minimum Gasteiger partial charge on any atom is -0.355 e. The fourth-order valence-corrected chi connectivity index (χ4v) is 3.70. The van der Waals surface area contributed by atoms with Gasteiger partial charge in [-0.2, -0.15) is 0 Å². The maximum Gasteiger partial charge on any atom is 0.233 e. The van der Waals surface area contributed by atoms with Crippen LogP contribution in [0.25, 0.3) is 11.4 Å². The van der Waals surface area contributed by atoms with Gasteiger partial charge in [-0.1, -0.05) is 60.6 Å². The summed E-state index contributed by atoms with van der Waals surface area (Å²) in [6, 6.07) is 17.7. The molecule has 1 N–H and O–H groups in total. The predicted octanol–water partition coefficient (Wildman–Crippen LogP) is 4.65. The van der Waals surface area contributed by atoms with Crippen molar-refractivity contribution in [2.24, 2.45) is 0 Å². The van der Waals surface area contributed by atoms with Gasteiger partial charge in [-0.05, 0) is 43.2 Å². The third-order valence-electron chi connectivity index (χ3n) is 4.20. The summed E-state index contributed by atoms with van der Waals surface area (Å²) in [6.45, 7) is 5.22. The molecule has 0 bridgehead atoms. The van der Waals surface area contributed by atoms with Gasteiger partial charge >= 0.3 is 0 Å². The third kappa shape index (κ3) is 5.14. The number of carbonyl (C=O) groups excluding carboxylic acids is 1. The molecule has 3 aromatic rings. The van der Waals surface area contributed by atoms with Crippen LogP contribution in [0.1, 0.15) is 25.8 Å². The molecule has 146 valence electrons. The van der Waals surface area contributed by atoms with Gasteiger partial charge in [-0.25, -0.2) is 0 Å². The highest BCUT2D eigenvalue weighted by Gasteiger charge is 2.20. The molecule has 7 heteroatoms. The van der Waals surface area contributed by atoms with Crippen LogP contribution in [0.5, 0.6) is 0 Å². The van der Waals surface area contributed by atoms with E-state index in [0.717, 1.165) is 23.4 Å². The smallest absolute Gasteiger partial charge is 0.233 e. The molecule has 28 heavy (non-hydrogen) atoms. The number of carbonyl (C=O) groups is 1. The zero-order chi connectivity index (χ0) is 19.9. The molecule has 0 aliphatic heterocycles. The summed E-state index contributed by atoms with van der Waals surface area (Å²) in [7, 11) is 0. The van der Waals surface area contributed by atoms with Gasteiger partial charge in [-0.3, -0.25) is 9.36 Å². The van der Waals surface area contributed by atoms with Crippen molar-refractivity contribution >= 4 is 29.3 Å². The van der Waals surface area contributed by atoms with E-state index in [4.69, 9.17) is 11.6 Å². The van der Waals surface area contributed by atoms with Gasteiger partial charge in [-0.15, -0.1) is 10.2 Å². The quantitative estimate of drug-likeness (QED) is 0.545. The number of hydrogen-bond donors (Lipinski definition) is 1. The maximum atomic E-state index is 12.3. The van der Waals surface area contributed by atoms with Crippen molar-refractivity contribution in [3.8, 4) is 11.4 Å². The Labute approximate surface area is 174 Å². The summed E-state index contributed by atoms with van der Waals surface area (Å²) in [6.07, 6.45) is 0.911. The fraction of sp³-hybridized carbons (Fsp3) is 0.286. The first-order valence-electron chi connectivity index (χ1n) is 9.26. The van der Waals surface area contributed by atoms with Gasteiger partial charge in [0.05, 0.1) is 11.8 Å². The molecule has 0 radical (unpaired) electrons. The lowest BCUT2D eigenvalue weighted by molar-refractivity contribution is -0.120. The summed E-state index contributed by atoms with van der Waals surface area (Å²) >= 11 is 7.45. The standard InChI is InChI=1S/C21H23ClN4OS/c1-3-13-23-20(27)15(2)28-21-25-24-19(17-9-11-18(22)12-10-17)26(21)14-16-7-5-4-6-8-16/h4-12,15H,3,13-14H2,1-2H3,(H,23,27)/t15-/m1/s1. The van der Waals surface area contributed by atoms with E-state index in [1.165, 1.54) is 11.8 Å². The second-order valence-electron chi connectivity index (χ2n) is 6.44. The number of aromatic nitrogens is 3. The minimum atomic E-state index is -0.261. The Morgan fingerprint density at radius 2 is 1.86 bits per heavy atom. The summed E-state index contributed by atoms with van der Waals surface area (Å²) in [5, 5.41) is 12.8. The second kappa shape index (κ2) is 9.75. The van der Waals surface area contributed by atoms with Crippen molar-refractivity contribution < 1.29 is 4.79 Å². The molecule has 1 aromatic heterocycles. The molecule has 0 unspecified atom stereocenters. The lowest BCUT2D eigenvalue weighted by atomic mass is 10.2. The number of nitrogens with zero attached hydrogens (tertiary/aromatic N) is 3. The zero-order valence-corrected chi connectivity index (χ0v) is 17.5. The number of rotatable bonds is 8. The number of halogens is 1. The van der Waals surface area contributed by atoms with Gasteiger partial charge in [0.15, 0.2) is 11.0 Å². The van der Waals surface area contributed by atoms with E-state index in [1.54, 1.807) is 0 Å². The SMILES string of the molecule is CCCNC(=O)[C@@H](C)Sc1nnc(-c2ccc(Cl)cc2)n1Cc1ccccc1. The zero-order valence-electron chi connectivity index (χ0n) is 15.9. The molecular formula is C21H23ClN4OS. The van der Waals surface area contributed by atoms with Crippen LogP contribution < -0.4 is 5.32 Å². The number of hydrogen-bond acceptors (Lipinski definition) is 4. The highest BCUT2D eigenvalue weighted by Crippen LogP contribution is 2.28. The molecule has 3 rings (SSSR count). The molecule has 2 aromatic carbocycles. The predicted molar refractivity (Wildman–Crippen MR) is 115 cm³/mol. The second-order valence-corrected chi connectivity index (χ2v) is 8.18. The van der Waals surface area contributed by atoms with Crippen LogP contribution in [0.4, 0.5) is 0 Å². The van der Waals surface area contributed by atoms with E-state index >= 15 is 0 Å². The molecule has 0 saturated heterocycles. The Hall–Kier alpha value is -2.31. The van der Waals surface area contributed by atoms with Gasteiger partial charge in [0.2, 0.25) is 5.91 Å². The number of thioether (sulfide) groups is 1. The molecule has 0 fully saturated rings. The van der Waals surface area contributed by atoms with Crippen LogP contribution in [0, 0.1) is 0 Å². The molecule has 1 amide bonds. The van der Waals surface area contributed by atoms with E-state index in [0.29, 0.717) is 23.3 Å². The average molecular weight is 415 g/mol. The van der Waals surface area contributed by atoms with Crippen molar-refractivity contribution in [2.75, 3.05) is 6.54 Å². The Kier molecular flexibility index (Phi) is 7.12. The number of amides is 1. The van der Waals surface area contributed by atoms with E-state index < -0.39 is 0 Å². The first kappa shape index (κ1) is 20.4. The largest absolute Gasteiger partial charge is 0.355 e. The number of nitrogens with one attached hydrogen (secondary N) is 1. The van der Waals surface area contributed by atoms with Crippen LogP contribution >= 0.6 is 23.4 Å². The van der Waals surface area contributed by atoms with E-state index in [-0.39, 0.29) is 11.2 Å². The summed E-state index contributed by atoms with van der Waals surface area (Å²) < 4.78 is 2.05. The fourth-order valence-electron chi connectivity index (χ4n) is 2.70. The van der Waals surface area contributed by atoms with Crippen molar-refractivity contribution in [3.05, 3.63) is 65.2 Å². The third-order valence-corrected chi connectivity index (χ3v) is 5.54. The Morgan fingerprint density at radius 1 is 1.14 bits per heavy atom. The first-order chi connectivity index (χ1) is 13.6. The van der Waals surface area contributed by atoms with E-state index in [9.17, 15) is 4.79 Å². The van der Waals surface area contributed by atoms with Crippen molar-refractivity contribution in [1.29, 1.82) is 0 Å². The average Bonchev–Trinajstić information content (AvgIpc) is 3.09. The topological polar surface area (TPSA) is 59.8 Å². The molecule has 0 aliphatic rings. The molecule has 0 saturated carbocycles. The van der Waals surface area contributed by atoms with E-state index in [2.05, 4.69) is 27.6 Å². The molecule has 5 nitrogen and oxygen atoms in total. The molecule has 0 spiro atoms. The Morgan fingerprint density at radius 3 is 2.54 bits per heavy atom. The van der Waals surface area contributed by atoms with E-state index in [1.807, 2.05) is 60.9 Å². The highest BCUT2D eigenvalue weighted by molar-refractivity contribution is 8.00. The maximum absolute atomic E-state index is 12.3. The molecule has 1 heterocycles. The van der Waals surface area contributed by atoms with Crippen molar-refractivity contribution in [2.45, 2.75) is 37.2 Å². The molecular weight excluding hydrogens is 392 g/mol. The lowest BCUT2D eigenvalue weighted by Crippen LogP contribution is -2.31. The van der Waals surface area contributed by atoms with Crippen LogP contribution in [-0.2, 0) is 11.3 Å². The monoisotopic (exact) mass is 414 g/mol.